The van der Waals surface area contributed by atoms with Gasteiger partial charge in [0.05, 0.1) is 22.0 Å². The Balaban J connectivity index is 2.36. The summed E-state index contributed by atoms with van der Waals surface area (Å²) in [6.45, 7) is 8.80. The lowest BCUT2D eigenvalue weighted by Gasteiger charge is -2.10. The number of aromatic nitrogens is 1. The highest BCUT2D eigenvalue weighted by Crippen LogP contribution is 2.36. The minimum Gasteiger partial charge on any atom is -0.238 e. The molecule has 1 heterocycles. The molecular formula is C16H11ClN2O2S. The number of hydrogen-bond acceptors (Lipinski definition) is 2. The van der Waals surface area contributed by atoms with Crippen molar-refractivity contribution in [2.75, 3.05) is 0 Å². The molecule has 0 unspecified atom stereocenters. The zero-order valence-electron chi connectivity index (χ0n) is 11.6. The second-order valence-electron chi connectivity index (χ2n) is 4.81. The molecule has 2 aromatic carbocycles. The summed E-state index contributed by atoms with van der Waals surface area (Å²) in [5.74, 6) is 0. The molecule has 0 aliphatic rings. The Morgan fingerprint density at radius 3 is 2.45 bits per heavy atom. The van der Waals surface area contributed by atoms with Crippen LogP contribution >= 0.6 is 11.6 Å². The molecule has 4 nitrogen and oxygen atoms in total. The lowest BCUT2D eigenvalue weighted by molar-refractivity contribution is 0.588. The number of rotatable bonds is 2. The van der Waals surface area contributed by atoms with Gasteiger partial charge in [-0.2, -0.15) is 0 Å². The van der Waals surface area contributed by atoms with E-state index in [1.807, 2.05) is 0 Å². The predicted molar refractivity (Wildman–Crippen MR) is 87.0 cm³/mol. The van der Waals surface area contributed by atoms with Crippen molar-refractivity contribution >= 4 is 38.2 Å². The molecular weight excluding hydrogens is 320 g/mol. The van der Waals surface area contributed by atoms with Crippen LogP contribution in [-0.4, -0.2) is 12.4 Å². The third-order valence-corrected chi connectivity index (χ3v) is 5.66. The van der Waals surface area contributed by atoms with Gasteiger partial charge in [-0.15, -0.1) is 0 Å². The molecule has 0 radical (unpaired) electrons. The third-order valence-electron chi connectivity index (χ3n) is 3.43. The molecule has 3 rings (SSSR count). The summed E-state index contributed by atoms with van der Waals surface area (Å²) >= 11 is 6.20. The summed E-state index contributed by atoms with van der Waals surface area (Å²) in [5.41, 5.74) is 1.32. The van der Waals surface area contributed by atoms with E-state index in [4.69, 9.17) is 18.2 Å². The van der Waals surface area contributed by atoms with E-state index in [1.54, 1.807) is 49.4 Å². The van der Waals surface area contributed by atoms with Crippen LogP contribution in [0.3, 0.4) is 0 Å². The molecule has 0 bridgehead atoms. The van der Waals surface area contributed by atoms with Crippen molar-refractivity contribution in [1.29, 1.82) is 0 Å². The Bertz CT molecular complexity index is 1020. The van der Waals surface area contributed by atoms with Crippen molar-refractivity contribution in [3.05, 3.63) is 70.7 Å². The minimum atomic E-state index is -3.71. The number of fused-ring (bicyclic) bond motifs is 1. The zero-order chi connectivity index (χ0) is 15.9. The van der Waals surface area contributed by atoms with Crippen LogP contribution in [0, 0.1) is 13.5 Å². The topological polar surface area (TPSA) is 43.4 Å². The van der Waals surface area contributed by atoms with Crippen LogP contribution in [-0.2, 0) is 10.0 Å². The van der Waals surface area contributed by atoms with Gasteiger partial charge in [-0.3, -0.25) is 0 Å². The van der Waals surface area contributed by atoms with E-state index < -0.39 is 10.0 Å². The maximum atomic E-state index is 12.9. The van der Waals surface area contributed by atoms with E-state index in [-0.39, 0.29) is 9.92 Å². The molecule has 0 saturated carbocycles. The molecule has 110 valence electrons. The van der Waals surface area contributed by atoms with Crippen molar-refractivity contribution in [2.24, 2.45) is 0 Å². The first kappa shape index (κ1) is 14.6. The van der Waals surface area contributed by atoms with E-state index in [0.717, 1.165) is 0 Å². The minimum absolute atomic E-state index is 0.209. The van der Waals surface area contributed by atoms with Gasteiger partial charge in [0.15, 0.2) is 0 Å². The van der Waals surface area contributed by atoms with Crippen molar-refractivity contribution in [3.63, 3.8) is 0 Å². The molecule has 0 N–H and O–H groups in total. The van der Waals surface area contributed by atoms with Gasteiger partial charge >= 0.3 is 0 Å². The van der Waals surface area contributed by atoms with Gasteiger partial charge in [0.2, 0.25) is 5.69 Å². The fourth-order valence-corrected chi connectivity index (χ4v) is 4.26. The summed E-state index contributed by atoms with van der Waals surface area (Å²) in [7, 11) is -3.71. The number of benzene rings is 2. The molecule has 0 amide bonds. The summed E-state index contributed by atoms with van der Waals surface area (Å²) in [4.78, 5) is 3.55. The molecule has 0 atom stereocenters. The Morgan fingerprint density at radius 2 is 1.82 bits per heavy atom. The van der Waals surface area contributed by atoms with Crippen molar-refractivity contribution in [3.8, 4) is 0 Å². The highest BCUT2D eigenvalue weighted by molar-refractivity contribution is 7.90. The lowest BCUT2D eigenvalue weighted by atomic mass is 10.2. The molecule has 0 aliphatic heterocycles. The Labute approximate surface area is 133 Å². The molecule has 0 spiro atoms. The van der Waals surface area contributed by atoms with E-state index in [1.165, 1.54) is 10.0 Å². The van der Waals surface area contributed by atoms with Crippen LogP contribution in [0.2, 0.25) is 5.02 Å². The van der Waals surface area contributed by atoms with Crippen molar-refractivity contribution < 1.29 is 8.42 Å². The summed E-state index contributed by atoms with van der Waals surface area (Å²) in [6, 6.07) is 13.1. The van der Waals surface area contributed by atoms with Crippen LogP contribution in [0.1, 0.15) is 5.69 Å². The van der Waals surface area contributed by atoms with Crippen LogP contribution in [0.15, 0.2) is 53.4 Å². The average molecular weight is 331 g/mol. The molecule has 0 fully saturated rings. The first-order valence-electron chi connectivity index (χ1n) is 6.45. The Morgan fingerprint density at radius 1 is 1.14 bits per heavy atom. The molecule has 0 aliphatic carbocycles. The monoisotopic (exact) mass is 330 g/mol. The van der Waals surface area contributed by atoms with E-state index in [0.29, 0.717) is 22.3 Å². The zero-order valence-corrected chi connectivity index (χ0v) is 13.2. The fourth-order valence-electron chi connectivity index (χ4n) is 2.45. The molecule has 22 heavy (non-hydrogen) atoms. The quantitative estimate of drug-likeness (QED) is 0.654. The van der Waals surface area contributed by atoms with Gasteiger partial charge in [0, 0.05) is 11.1 Å². The molecule has 3 aromatic rings. The highest BCUT2D eigenvalue weighted by atomic mass is 35.5. The average Bonchev–Trinajstić information content (AvgIpc) is 2.86. The second kappa shape index (κ2) is 5.16. The first-order valence-corrected chi connectivity index (χ1v) is 8.27. The molecule has 1 aromatic heterocycles. The molecule has 0 saturated heterocycles. The van der Waals surface area contributed by atoms with Gasteiger partial charge in [-0.1, -0.05) is 35.9 Å². The molecule has 6 heteroatoms. The lowest BCUT2D eigenvalue weighted by Crippen LogP contribution is -2.14. The van der Waals surface area contributed by atoms with E-state index >= 15 is 0 Å². The number of nitrogens with zero attached hydrogens (tertiary/aromatic N) is 2. The van der Waals surface area contributed by atoms with Crippen LogP contribution < -0.4 is 0 Å². The number of halogens is 1. The fraction of sp³-hybridized carbons (Fsp3) is 0.0625. The van der Waals surface area contributed by atoms with Gasteiger partial charge in [-0.25, -0.2) is 17.2 Å². The summed E-state index contributed by atoms with van der Waals surface area (Å²) in [5, 5.41) is 0.838. The summed E-state index contributed by atoms with van der Waals surface area (Å²) in [6.07, 6.45) is 0. The van der Waals surface area contributed by atoms with E-state index in [9.17, 15) is 8.42 Å². The Kier molecular flexibility index (Phi) is 3.44. The predicted octanol–water partition coefficient (Wildman–Crippen LogP) is 4.39. The SMILES string of the molecule is [C-]#[N+]c1ccc2c(cc(C)n2S(=O)(=O)c2ccccc2)c1Cl. The standard InChI is InChI=1S/C16H11ClN2O2S/c1-11-10-13-15(9-8-14(18-2)16(13)17)19(11)22(20,21)12-6-4-3-5-7-12/h3-10H,1H3. The van der Waals surface area contributed by atoms with Crippen LogP contribution in [0.5, 0.6) is 0 Å². The maximum absolute atomic E-state index is 12.9. The highest BCUT2D eigenvalue weighted by Gasteiger charge is 2.22. The number of hydrogen-bond donors (Lipinski definition) is 0. The van der Waals surface area contributed by atoms with E-state index in [2.05, 4.69) is 4.85 Å². The van der Waals surface area contributed by atoms with Gasteiger partial charge in [-0.05, 0) is 31.2 Å². The summed E-state index contributed by atoms with van der Waals surface area (Å²) < 4.78 is 27.0. The maximum Gasteiger partial charge on any atom is 0.268 e. The number of aryl methyl sites for hydroxylation is 1. The third kappa shape index (κ3) is 2.08. The smallest absolute Gasteiger partial charge is 0.238 e. The van der Waals surface area contributed by atoms with Gasteiger partial charge in [0.1, 0.15) is 0 Å². The van der Waals surface area contributed by atoms with Crippen LogP contribution in [0.4, 0.5) is 5.69 Å². The first-order chi connectivity index (χ1) is 10.5. The van der Waals surface area contributed by atoms with Crippen molar-refractivity contribution in [1.82, 2.24) is 3.97 Å². The van der Waals surface area contributed by atoms with Crippen molar-refractivity contribution in [2.45, 2.75) is 11.8 Å². The second-order valence-corrected chi connectivity index (χ2v) is 6.98. The van der Waals surface area contributed by atoms with Crippen LogP contribution in [0.25, 0.3) is 15.7 Å². The van der Waals surface area contributed by atoms with Gasteiger partial charge in [0.25, 0.3) is 10.0 Å². The Hall–Kier alpha value is -2.29. The van der Waals surface area contributed by atoms with Gasteiger partial charge < -0.3 is 0 Å². The largest absolute Gasteiger partial charge is 0.268 e. The normalized spacial score (nSPS) is 11.5.